The van der Waals surface area contributed by atoms with Gasteiger partial charge in [-0.15, -0.1) is 11.3 Å². The fourth-order valence-electron chi connectivity index (χ4n) is 7.65. The topological polar surface area (TPSA) is 78.3 Å². The zero-order chi connectivity index (χ0) is 34.9. The van der Waals surface area contributed by atoms with Gasteiger partial charge in [0, 0.05) is 79.6 Å². The molecule has 0 unspecified atom stereocenters. The van der Waals surface area contributed by atoms with Crippen LogP contribution in [-0.4, -0.2) is 81.7 Å². The summed E-state index contributed by atoms with van der Waals surface area (Å²) < 4.78 is 41.8. The van der Waals surface area contributed by atoms with E-state index < -0.39 is 12.6 Å². The molecule has 1 amide bonds. The highest BCUT2D eigenvalue weighted by Crippen LogP contribution is 2.34. The molecule has 4 aromatic rings. The maximum atomic E-state index is 13.1. The lowest BCUT2D eigenvalue weighted by molar-refractivity contribution is -0.126. The second kappa shape index (κ2) is 14.9. The van der Waals surface area contributed by atoms with E-state index in [4.69, 9.17) is 4.98 Å². The van der Waals surface area contributed by atoms with Gasteiger partial charge in [0.15, 0.2) is 0 Å². The molecule has 1 atom stereocenters. The lowest BCUT2D eigenvalue weighted by atomic mass is 9.92. The quantitative estimate of drug-likeness (QED) is 0.172. The first-order valence-corrected chi connectivity index (χ1v) is 18.6. The summed E-state index contributed by atoms with van der Waals surface area (Å²) >= 11 is 1.11. The van der Waals surface area contributed by atoms with Crippen molar-refractivity contribution >= 4 is 44.2 Å². The van der Waals surface area contributed by atoms with Gasteiger partial charge < -0.3 is 15.2 Å². The molecule has 2 N–H and O–H groups in total. The van der Waals surface area contributed by atoms with Gasteiger partial charge in [-0.05, 0) is 94.8 Å². The fourth-order valence-corrected chi connectivity index (χ4v) is 8.72. The summed E-state index contributed by atoms with van der Waals surface area (Å²) in [7, 11) is 1.72. The van der Waals surface area contributed by atoms with Crippen LogP contribution < -0.4 is 10.6 Å². The molecule has 0 bridgehead atoms. The Morgan fingerprint density at radius 2 is 1.78 bits per heavy atom. The molecule has 6 rings (SSSR count). The number of thiophene rings is 1. The number of halogens is 3. The van der Waals surface area contributed by atoms with Crippen LogP contribution in [0.3, 0.4) is 0 Å². The summed E-state index contributed by atoms with van der Waals surface area (Å²) in [4.78, 5) is 27.0. The number of benzene rings is 1. The second-order valence-electron chi connectivity index (χ2n) is 14.1. The predicted molar refractivity (Wildman–Crippen MR) is 192 cm³/mol. The van der Waals surface area contributed by atoms with Crippen LogP contribution in [0.1, 0.15) is 73.5 Å². The first-order chi connectivity index (χ1) is 23.4. The van der Waals surface area contributed by atoms with Crippen LogP contribution in [-0.2, 0) is 30.7 Å². The number of nitrogens with zero attached hydrogens (tertiary/aromatic N) is 5. The minimum atomic E-state index is -4.25. The van der Waals surface area contributed by atoms with E-state index in [1.807, 2.05) is 6.92 Å². The number of hydrogen-bond acceptors (Lipinski definition) is 7. The monoisotopic (exact) mass is 697 g/mol. The van der Waals surface area contributed by atoms with Gasteiger partial charge in [-0.3, -0.25) is 14.6 Å². The Morgan fingerprint density at radius 1 is 1.04 bits per heavy atom. The number of nitrogens with one attached hydrogen (secondary N) is 2. The molecule has 266 valence electrons. The van der Waals surface area contributed by atoms with Crippen molar-refractivity contribution in [1.82, 2.24) is 29.7 Å². The third-order valence-corrected chi connectivity index (χ3v) is 11.7. The number of rotatable bonds is 11. The summed E-state index contributed by atoms with van der Waals surface area (Å²) in [6, 6.07) is 9.16. The lowest BCUT2D eigenvalue weighted by Gasteiger charge is -2.36. The molecule has 5 heterocycles. The van der Waals surface area contributed by atoms with E-state index in [1.54, 1.807) is 13.1 Å². The van der Waals surface area contributed by atoms with Crippen LogP contribution >= 0.6 is 11.3 Å². The van der Waals surface area contributed by atoms with Crippen LogP contribution in [0.15, 0.2) is 24.3 Å². The van der Waals surface area contributed by atoms with E-state index in [0.29, 0.717) is 46.7 Å². The van der Waals surface area contributed by atoms with E-state index in [-0.39, 0.29) is 16.8 Å². The first kappa shape index (κ1) is 35.6. The zero-order valence-corrected chi connectivity index (χ0v) is 30.2. The summed E-state index contributed by atoms with van der Waals surface area (Å²) in [5.41, 5.74) is 5.26. The van der Waals surface area contributed by atoms with Gasteiger partial charge >= 0.3 is 6.18 Å². The Kier molecular flexibility index (Phi) is 10.9. The van der Waals surface area contributed by atoms with Crippen LogP contribution in [0.4, 0.5) is 19.0 Å². The molecule has 2 aliphatic heterocycles. The Morgan fingerprint density at radius 3 is 2.45 bits per heavy atom. The Balaban J connectivity index is 1.06. The number of hydrogen-bond donors (Lipinski definition) is 2. The number of aryl methyl sites for hydroxylation is 3. The minimum Gasteiger partial charge on any atom is -0.367 e. The van der Waals surface area contributed by atoms with Gasteiger partial charge in [-0.1, -0.05) is 13.0 Å². The molecule has 2 fully saturated rings. The number of likely N-dealkylation sites (tertiary alicyclic amines) is 2. The number of amides is 1. The van der Waals surface area contributed by atoms with Crippen molar-refractivity contribution in [3.05, 3.63) is 51.8 Å². The van der Waals surface area contributed by atoms with E-state index in [0.717, 1.165) is 76.3 Å². The van der Waals surface area contributed by atoms with Crippen molar-refractivity contribution < 1.29 is 18.0 Å². The normalized spacial score (nSPS) is 18.0. The molecule has 1 aromatic carbocycles. The van der Waals surface area contributed by atoms with E-state index in [9.17, 15) is 18.0 Å². The van der Waals surface area contributed by atoms with E-state index in [1.165, 1.54) is 27.7 Å². The van der Waals surface area contributed by atoms with Gasteiger partial charge in [0.1, 0.15) is 16.5 Å². The number of aromatic nitrogens is 3. The fraction of sp³-hybridized carbons (Fsp3) is 0.595. The largest absolute Gasteiger partial charge is 0.393 e. The molecular formula is C37H50F3N7OS. The van der Waals surface area contributed by atoms with Gasteiger partial charge in [0.25, 0.3) is 0 Å². The second-order valence-corrected chi connectivity index (χ2v) is 15.3. The molecule has 12 heteroatoms. The van der Waals surface area contributed by atoms with Gasteiger partial charge in [-0.2, -0.15) is 13.2 Å². The summed E-state index contributed by atoms with van der Waals surface area (Å²) in [5, 5.41) is 8.35. The number of anilines is 1. The van der Waals surface area contributed by atoms with Crippen molar-refractivity contribution in [2.75, 3.05) is 38.5 Å². The Labute approximate surface area is 291 Å². The number of carbonyl (C=O) groups excluding carboxylic acids is 1. The van der Waals surface area contributed by atoms with E-state index >= 15 is 0 Å². The molecule has 0 radical (unpaired) electrons. The van der Waals surface area contributed by atoms with Crippen molar-refractivity contribution in [3.63, 3.8) is 0 Å². The number of carbonyl (C=O) groups is 1. The summed E-state index contributed by atoms with van der Waals surface area (Å²) in [6.45, 7) is 14.5. The smallest absolute Gasteiger partial charge is 0.367 e. The standard InChI is InChI=1S/C37H50F3N7OS/c1-6-33-43-35(31-19-29(20-37(38,39)40)49-36(31)44-33)42-28-11-13-45(14-12-28)22-27-7-8-32-30(25(27)4)17-23(2)47(32)21-24(3)46-15-9-26(10-16-46)18-34(48)41-5/h7-8,17,19,24,26,28H,6,9-16,18,20-22H2,1-5H3,(H,41,48)(H,42,43,44)/t24-/m0/s1. The SMILES string of the molecule is CCc1nc(NC2CCN(Cc3ccc4c(cc(C)n4C[C@H](C)N4CCC(CC(=O)NC)CC4)c3C)CC2)c2cc(CC(F)(F)F)sc2n1. The maximum Gasteiger partial charge on any atom is 0.393 e. The number of alkyl halides is 3. The van der Waals surface area contributed by atoms with Crippen molar-refractivity contribution in [3.8, 4) is 0 Å². The molecular weight excluding hydrogens is 648 g/mol. The minimum absolute atomic E-state index is 0.146. The average molecular weight is 698 g/mol. The molecule has 49 heavy (non-hydrogen) atoms. The highest BCUT2D eigenvalue weighted by atomic mass is 32.1. The highest BCUT2D eigenvalue weighted by Gasteiger charge is 2.30. The molecule has 3 aromatic heterocycles. The average Bonchev–Trinajstić information content (AvgIpc) is 3.62. The highest BCUT2D eigenvalue weighted by molar-refractivity contribution is 7.18. The Bertz CT molecular complexity index is 1770. The van der Waals surface area contributed by atoms with E-state index in [2.05, 4.69) is 69.0 Å². The zero-order valence-electron chi connectivity index (χ0n) is 29.4. The van der Waals surface area contributed by atoms with Crippen LogP contribution in [0, 0.1) is 19.8 Å². The number of piperidine rings is 2. The lowest BCUT2D eigenvalue weighted by Crippen LogP contribution is -2.42. The molecule has 0 aliphatic carbocycles. The third kappa shape index (κ3) is 8.40. The molecule has 2 saturated heterocycles. The third-order valence-electron chi connectivity index (χ3n) is 10.6. The van der Waals surface area contributed by atoms with Gasteiger partial charge in [0.2, 0.25) is 5.91 Å². The van der Waals surface area contributed by atoms with Crippen LogP contribution in [0.25, 0.3) is 21.1 Å². The predicted octanol–water partition coefficient (Wildman–Crippen LogP) is 7.24. The van der Waals surface area contributed by atoms with Crippen molar-refractivity contribution in [1.29, 1.82) is 0 Å². The molecule has 0 spiro atoms. The molecule has 2 aliphatic rings. The maximum absolute atomic E-state index is 13.1. The first-order valence-electron chi connectivity index (χ1n) is 17.8. The van der Waals surface area contributed by atoms with Crippen molar-refractivity contribution in [2.24, 2.45) is 5.92 Å². The molecule has 8 nitrogen and oxygen atoms in total. The summed E-state index contributed by atoms with van der Waals surface area (Å²) in [6.07, 6.45) is 0.0877. The summed E-state index contributed by atoms with van der Waals surface area (Å²) in [5.74, 6) is 1.93. The van der Waals surface area contributed by atoms with Gasteiger partial charge in [-0.25, -0.2) is 9.97 Å². The van der Waals surface area contributed by atoms with Crippen LogP contribution in [0.2, 0.25) is 0 Å². The van der Waals surface area contributed by atoms with Crippen molar-refractivity contribution in [2.45, 2.75) is 104 Å². The number of fused-ring (bicyclic) bond motifs is 2. The molecule has 0 saturated carbocycles. The van der Waals surface area contributed by atoms with Crippen LogP contribution in [0.5, 0.6) is 0 Å². The Hall–Kier alpha value is -3.22. The van der Waals surface area contributed by atoms with Gasteiger partial charge in [0.05, 0.1) is 11.8 Å².